The number of aromatic nitrogens is 1. The molecule has 2 rings (SSSR count). The number of halogens is 2. The van der Waals surface area contributed by atoms with E-state index in [0.717, 1.165) is 0 Å². The van der Waals surface area contributed by atoms with Crippen molar-refractivity contribution in [1.29, 1.82) is 0 Å². The summed E-state index contributed by atoms with van der Waals surface area (Å²) in [6.45, 7) is 3.86. The van der Waals surface area contributed by atoms with Gasteiger partial charge in [-0.1, -0.05) is 36.7 Å². The number of nitrogen functional groups attached to an aromatic ring is 1. The monoisotopic (exact) mass is 254 g/mol. The summed E-state index contributed by atoms with van der Waals surface area (Å²) >= 11 is 5.98. The molecule has 0 aliphatic rings. The van der Waals surface area contributed by atoms with E-state index in [1.54, 1.807) is 6.07 Å². The first-order valence-electron chi connectivity index (χ1n) is 5.21. The smallest absolute Gasteiger partial charge is 0.176 e. The Kier molecular flexibility index (Phi) is 3.07. The van der Waals surface area contributed by atoms with Crippen molar-refractivity contribution in [3.05, 3.63) is 34.6 Å². The summed E-state index contributed by atoms with van der Waals surface area (Å²) in [6, 6.07) is 4.46. The van der Waals surface area contributed by atoms with Crippen LogP contribution in [0.1, 0.15) is 25.3 Å². The molecule has 0 fully saturated rings. The molecule has 0 bridgehead atoms. The maximum absolute atomic E-state index is 13.8. The lowest BCUT2D eigenvalue weighted by Gasteiger charge is -2.07. The van der Waals surface area contributed by atoms with Gasteiger partial charge in [-0.2, -0.15) is 0 Å². The number of anilines is 1. The molecule has 1 aromatic heterocycles. The molecule has 0 amide bonds. The molecule has 3 nitrogen and oxygen atoms in total. The van der Waals surface area contributed by atoms with Crippen LogP contribution in [0, 0.1) is 5.82 Å². The van der Waals surface area contributed by atoms with Crippen LogP contribution in [0.15, 0.2) is 22.7 Å². The summed E-state index contributed by atoms with van der Waals surface area (Å²) < 4.78 is 18.9. The fourth-order valence-electron chi connectivity index (χ4n) is 1.76. The van der Waals surface area contributed by atoms with E-state index in [-0.39, 0.29) is 22.3 Å². The van der Waals surface area contributed by atoms with E-state index in [0.29, 0.717) is 11.3 Å². The average molecular weight is 255 g/mol. The van der Waals surface area contributed by atoms with Crippen LogP contribution in [0.4, 0.5) is 10.2 Å². The first-order valence-corrected chi connectivity index (χ1v) is 5.59. The number of nitrogens with zero attached hydrogens (tertiary/aromatic N) is 1. The normalized spacial score (nSPS) is 11.1. The van der Waals surface area contributed by atoms with Gasteiger partial charge < -0.3 is 10.3 Å². The predicted molar refractivity (Wildman–Crippen MR) is 65.4 cm³/mol. The van der Waals surface area contributed by atoms with Crippen molar-refractivity contribution < 1.29 is 8.91 Å². The standard InChI is InChI=1S/C12H12ClFN2O/c1-6(2)9-11(17-16-12(9)15)10-7(13)4-3-5-8(10)14/h3-6H,1-2H3,(H2,15,16). The van der Waals surface area contributed by atoms with Crippen LogP contribution in [0.3, 0.4) is 0 Å². The van der Waals surface area contributed by atoms with Gasteiger partial charge in [0.25, 0.3) is 0 Å². The van der Waals surface area contributed by atoms with Crippen molar-refractivity contribution in [3.63, 3.8) is 0 Å². The number of rotatable bonds is 2. The maximum Gasteiger partial charge on any atom is 0.176 e. The highest BCUT2D eigenvalue weighted by Gasteiger charge is 2.23. The molecule has 0 unspecified atom stereocenters. The summed E-state index contributed by atoms with van der Waals surface area (Å²) in [7, 11) is 0. The molecule has 0 saturated carbocycles. The molecule has 17 heavy (non-hydrogen) atoms. The fourth-order valence-corrected chi connectivity index (χ4v) is 2.01. The average Bonchev–Trinajstić information content (AvgIpc) is 2.60. The molecule has 0 atom stereocenters. The second-order valence-corrected chi connectivity index (χ2v) is 4.47. The van der Waals surface area contributed by atoms with E-state index < -0.39 is 5.82 Å². The second kappa shape index (κ2) is 4.37. The molecule has 2 N–H and O–H groups in total. The highest BCUT2D eigenvalue weighted by molar-refractivity contribution is 6.33. The summed E-state index contributed by atoms with van der Waals surface area (Å²) in [6.07, 6.45) is 0. The Bertz CT molecular complexity index is 531. The molecule has 1 heterocycles. The number of nitrogens with two attached hydrogens (primary N) is 1. The van der Waals surface area contributed by atoms with E-state index in [9.17, 15) is 4.39 Å². The third-order valence-electron chi connectivity index (χ3n) is 2.52. The number of hydrogen-bond acceptors (Lipinski definition) is 3. The summed E-state index contributed by atoms with van der Waals surface area (Å²) in [5.74, 6) is 0.206. The lowest BCUT2D eigenvalue weighted by molar-refractivity contribution is 0.432. The molecule has 90 valence electrons. The third kappa shape index (κ3) is 2.00. The first kappa shape index (κ1) is 11.9. The fraction of sp³-hybridized carbons (Fsp3) is 0.250. The molecule has 0 saturated heterocycles. The van der Waals surface area contributed by atoms with Crippen molar-refractivity contribution >= 4 is 17.4 Å². The van der Waals surface area contributed by atoms with Gasteiger partial charge in [0.15, 0.2) is 11.6 Å². The Hall–Kier alpha value is -1.55. The van der Waals surface area contributed by atoms with Crippen LogP contribution >= 0.6 is 11.6 Å². The Morgan fingerprint density at radius 2 is 2.12 bits per heavy atom. The van der Waals surface area contributed by atoms with E-state index in [1.165, 1.54) is 12.1 Å². The Labute approximate surface area is 103 Å². The van der Waals surface area contributed by atoms with Crippen LogP contribution in [0.25, 0.3) is 11.3 Å². The van der Waals surface area contributed by atoms with Crippen LogP contribution in [-0.2, 0) is 0 Å². The molecule has 5 heteroatoms. The van der Waals surface area contributed by atoms with Crippen LogP contribution < -0.4 is 5.73 Å². The zero-order valence-electron chi connectivity index (χ0n) is 9.50. The maximum atomic E-state index is 13.8. The van der Waals surface area contributed by atoms with Gasteiger partial charge in [-0.05, 0) is 18.1 Å². The minimum absolute atomic E-state index is 0.0759. The third-order valence-corrected chi connectivity index (χ3v) is 2.84. The minimum atomic E-state index is -0.449. The molecule has 0 aliphatic heterocycles. The number of benzene rings is 1. The van der Waals surface area contributed by atoms with Crippen molar-refractivity contribution in [3.8, 4) is 11.3 Å². The van der Waals surface area contributed by atoms with Gasteiger partial charge >= 0.3 is 0 Å². The van der Waals surface area contributed by atoms with Gasteiger partial charge in [0, 0.05) is 5.56 Å². The lowest BCUT2D eigenvalue weighted by Crippen LogP contribution is -1.96. The molecule has 1 aromatic carbocycles. The summed E-state index contributed by atoms with van der Waals surface area (Å²) in [4.78, 5) is 0. The molecular formula is C12H12ClFN2O. The van der Waals surface area contributed by atoms with Crippen LogP contribution in [-0.4, -0.2) is 5.16 Å². The van der Waals surface area contributed by atoms with E-state index in [4.69, 9.17) is 21.9 Å². The summed E-state index contributed by atoms with van der Waals surface area (Å²) in [5.41, 5.74) is 6.60. The highest BCUT2D eigenvalue weighted by atomic mass is 35.5. The van der Waals surface area contributed by atoms with Gasteiger partial charge in [0.1, 0.15) is 5.82 Å². The van der Waals surface area contributed by atoms with Crippen molar-refractivity contribution in [2.75, 3.05) is 5.73 Å². The molecule has 0 aliphatic carbocycles. The quantitative estimate of drug-likeness (QED) is 0.886. The van der Waals surface area contributed by atoms with Gasteiger partial charge in [-0.3, -0.25) is 0 Å². The molecule has 0 spiro atoms. The predicted octanol–water partition coefficient (Wildman–Crippen LogP) is 3.84. The zero-order valence-corrected chi connectivity index (χ0v) is 10.3. The Balaban J connectivity index is 2.69. The molecule has 0 radical (unpaired) electrons. The first-order chi connectivity index (χ1) is 8.02. The zero-order chi connectivity index (χ0) is 12.6. The number of hydrogen-bond donors (Lipinski definition) is 1. The van der Waals surface area contributed by atoms with Gasteiger partial charge in [0.05, 0.1) is 10.6 Å². The van der Waals surface area contributed by atoms with Crippen molar-refractivity contribution in [1.82, 2.24) is 5.16 Å². The SMILES string of the molecule is CC(C)c1c(N)noc1-c1c(F)cccc1Cl. The summed E-state index contributed by atoms with van der Waals surface area (Å²) in [5, 5.41) is 3.95. The van der Waals surface area contributed by atoms with E-state index in [1.807, 2.05) is 13.8 Å². The van der Waals surface area contributed by atoms with Gasteiger partial charge in [-0.15, -0.1) is 0 Å². The molecule has 2 aromatic rings. The minimum Gasteiger partial charge on any atom is -0.381 e. The van der Waals surface area contributed by atoms with Gasteiger partial charge in [-0.25, -0.2) is 4.39 Å². The highest BCUT2D eigenvalue weighted by Crippen LogP contribution is 2.38. The Morgan fingerprint density at radius 3 is 2.71 bits per heavy atom. The topological polar surface area (TPSA) is 52.0 Å². The van der Waals surface area contributed by atoms with Crippen LogP contribution in [0.2, 0.25) is 5.02 Å². The Morgan fingerprint density at radius 1 is 1.41 bits per heavy atom. The van der Waals surface area contributed by atoms with Crippen molar-refractivity contribution in [2.24, 2.45) is 0 Å². The van der Waals surface area contributed by atoms with Crippen molar-refractivity contribution in [2.45, 2.75) is 19.8 Å². The molecular weight excluding hydrogens is 243 g/mol. The van der Waals surface area contributed by atoms with Crippen LogP contribution in [0.5, 0.6) is 0 Å². The van der Waals surface area contributed by atoms with Gasteiger partial charge in [0.2, 0.25) is 0 Å². The van der Waals surface area contributed by atoms with E-state index in [2.05, 4.69) is 5.16 Å². The lowest BCUT2D eigenvalue weighted by atomic mass is 9.99. The second-order valence-electron chi connectivity index (χ2n) is 4.06. The largest absolute Gasteiger partial charge is 0.381 e. The van der Waals surface area contributed by atoms with E-state index >= 15 is 0 Å².